The molecule has 8 aliphatic rings. The van der Waals surface area contributed by atoms with Gasteiger partial charge in [-0.15, -0.1) is 0 Å². The third kappa shape index (κ3) is 7.81. The number of hydrogen-bond acceptors (Lipinski definition) is 16. The van der Waals surface area contributed by atoms with E-state index in [2.05, 4.69) is 67.5 Å². The number of aliphatic hydroxyl groups is 9. The Morgan fingerprint density at radius 3 is 1.91 bits per heavy atom. The molecule has 0 spiro atoms. The first-order chi connectivity index (χ1) is 30.2. The minimum Gasteiger partial charge on any atom is -0.479 e. The fourth-order valence-corrected chi connectivity index (χ4v) is 15.2. The maximum Gasteiger partial charge on any atom is 0.335 e. The van der Waals surface area contributed by atoms with Crippen molar-refractivity contribution in [2.75, 3.05) is 6.61 Å². The van der Waals surface area contributed by atoms with Crippen molar-refractivity contribution in [3.8, 4) is 0 Å². The van der Waals surface area contributed by atoms with Gasteiger partial charge < -0.3 is 79.5 Å². The SMILES string of the molecule is CC1OC(OC2C(OC3C(OC4CCC5(C)C(CCC6(C)C5C=CC5C7CC(C)(C)CC(O)C7(C)CCC56C)C4(C)C)OC(C(=O)O)C(O)C3O)OC(CO)C(O)C2O)C(O)C(O)C1O. The Kier molecular flexibility index (Phi) is 13.2. The molecule has 0 radical (unpaired) electrons. The van der Waals surface area contributed by atoms with Gasteiger partial charge in [0.15, 0.2) is 25.0 Å². The van der Waals surface area contributed by atoms with Crippen molar-refractivity contribution >= 4 is 5.97 Å². The van der Waals surface area contributed by atoms with Crippen LogP contribution in [0.25, 0.3) is 0 Å². The van der Waals surface area contributed by atoms with E-state index in [1.54, 1.807) is 0 Å². The molecule has 5 aliphatic carbocycles. The van der Waals surface area contributed by atoms with E-state index in [-0.39, 0.29) is 45.0 Å². The van der Waals surface area contributed by atoms with E-state index in [0.29, 0.717) is 18.3 Å². The molecular weight excluding hydrogens is 849 g/mol. The average molecular weight is 927 g/mol. The molecule has 0 amide bonds. The van der Waals surface area contributed by atoms with Gasteiger partial charge in [-0.2, -0.15) is 0 Å². The largest absolute Gasteiger partial charge is 0.479 e. The third-order valence-corrected chi connectivity index (χ3v) is 19.4. The van der Waals surface area contributed by atoms with Crippen LogP contribution >= 0.6 is 0 Å². The van der Waals surface area contributed by atoms with E-state index >= 15 is 0 Å². The Morgan fingerprint density at radius 2 is 1.26 bits per heavy atom. The lowest BCUT2D eigenvalue weighted by atomic mass is 9.33. The zero-order chi connectivity index (χ0) is 47.7. The topological polar surface area (TPSA) is 275 Å². The van der Waals surface area contributed by atoms with Crippen LogP contribution in [0, 0.1) is 56.2 Å². The van der Waals surface area contributed by atoms with Crippen molar-refractivity contribution < 1.29 is 84.3 Å². The molecule has 3 aliphatic heterocycles. The zero-order valence-electron chi connectivity index (χ0n) is 39.5. The highest BCUT2D eigenvalue weighted by Gasteiger charge is 2.70. The molecular formula is C48H78O17. The molecule has 65 heavy (non-hydrogen) atoms. The lowest BCUT2D eigenvalue weighted by Crippen LogP contribution is -2.68. The molecule has 0 bridgehead atoms. The standard InChI is InChI=1S/C48H78O17/c1-21-29(51)31(53)35(57)40(60-21)64-37-32(54)30(52)24(20-49)61-41(37)65-38-34(56)33(55)36(39(58)59)63-42(38)62-28-13-14-46(7)25(44(28,4)5)12-15-48(9)26(46)11-10-22-23-18-43(2,3)19-27(50)45(23,6)16-17-47(22,48)8/h10-11,21-38,40-42,49-57H,12-20H2,1-9H3,(H,58,59). The van der Waals surface area contributed by atoms with Gasteiger partial charge in [-0.1, -0.05) is 67.5 Å². The fraction of sp³-hybridized carbons (Fsp3) is 0.938. The minimum atomic E-state index is -2.02. The Hall–Kier alpha value is -1.39. The van der Waals surface area contributed by atoms with Gasteiger partial charge in [0, 0.05) is 0 Å². The van der Waals surface area contributed by atoms with E-state index in [1.807, 2.05) is 0 Å². The molecule has 3 heterocycles. The van der Waals surface area contributed by atoms with Gasteiger partial charge in [-0.25, -0.2) is 4.79 Å². The second kappa shape index (κ2) is 17.2. The number of aliphatic hydroxyl groups excluding tert-OH is 9. The van der Waals surface area contributed by atoms with Crippen LogP contribution in [0.5, 0.6) is 0 Å². The van der Waals surface area contributed by atoms with Crippen LogP contribution in [0.3, 0.4) is 0 Å². The number of fused-ring (bicyclic) bond motifs is 7. The summed E-state index contributed by atoms with van der Waals surface area (Å²) in [5.41, 5.74) is -0.776. The van der Waals surface area contributed by atoms with Crippen LogP contribution < -0.4 is 0 Å². The van der Waals surface area contributed by atoms with Gasteiger partial charge in [0.1, 0.15) is 61.0 Å². The second-order valence-corrected chi connectivity index (χ2v) is 23.8. The molecule has 25 atom stereocenters. The Bertz CT molecular complexity index is 1780. The number of allylic oxidation sites excluding steroid dienone is 2. The first-order valence-corrected chi connectivity index (χ1v) is 24.1. The maximum absolute atomic E-state index is 12.5. The predicted octanol–water partition coefficient (Wildman–Crippen LogP) is 1.59. The van der Waals surface area contributed by atoms with Crippen LogP contribution in [0.1, 0.15) is 114 Å². The summed E-state index contributed by atoms with van der Waals surface area (Å²) in [6.45, 7) is 19.2. The van der Waals surface area contributed by atoms with Crippen molar-refractivity contribution in [3.05, 3.63) is 12.2 Å². The number of rotatable bonds is 8. The van der Waals surface area contributed by atoms with Crippen molar-refractivity contribution in [1.82, 2.24) is 0 Å². The molecule has 10 N–H and O–H groups in total. The van der Waals surface area contributed by atoms with Crippen molar-refractivity contribution in [2.24, 2.45) is 56.2 Å². The number of hydrogen-bond donors (Lipinski definition) is 10. The summed E-state index contributed by atoms with van der Waals surface area (Å²) in [5.74, 6) is -0.460. The van der Waals surface area contributed by atoms with Crippen LogP contribution in [-0.4, -0.2) is 168 Å². The average Bonchev–Trinajstić information content (AvgIpc) is 3.22. The van der Waals surface area contributed by atoms with Crippen molar-refractivity contribution in [3.63, 3.8) is 0 Å². The number of carboxylic acids is 1. The quantitative estimate of drug-likeness (QED) is 0.122. The summed E-state index contributed by atoms with van der Waals surface area (Å²) >= 11 is 0. The first-order valence-electron chi connectivity index (χ1n) is 24.1. The molecule has 17 heteroatoms. The smallest absolute Gasteiger partial charge is 0.335 e. The molecule has 4 saturated carbocycles. The van der Waals surface area contributed by atoms with Gasteiger partial charge in [0.25, 0.3) is 0 Å². The van der Waals surface area contributed by atoms with Gasteiger partial charge in [0.2, 0.25) is 0 Å². The number of aliphatic carboxylic acids is 1. The number of ether oxygens (including phenoxy) is 6. The van der Waals surface area contributed by atoms with E-state index in [0.717, 1.165) is 44.9 Å². The van der Waals surface area contributed by atoms with Gasteiger partial charge in [-0.3, -0.25) is 0 Å². The molecule has 0 aromatic heterocycles. The lowest BCUT2D eigenvalue weighted by Gasteiger charge is -2.72. The van der Waals surface area contributed by atoms with E-state index < -0.39 is 116 Å². The summed E-state index contributed by atoms with van der Waals surface area (Å²) in [6.07, 6.45) is -14.4. The molecule has 372 valence electrons. The fourth-order valence-electron chi connectivity index (χ4n) is 15.2. The van der Waals surface area contributed by atoms with E-state index in [9.17, 15) is 55.9 Å². The second-order valence-electron chi connectivity index (χ2n) is 23.8. The highest BCUT2D eigenvalue weighted by Crippen LogP contribution is 2.75. The maximum atomic E-state index is 12.5. The molecule has 25 unspecified atom stereocenters. The van der Waals surface area contributed by atoms with Crippen LogP contribution in [0.4, 0.5) is 0 Å². The van der Waals surface area contributed by atoms with Gasteiger partial charge >= 0.3 is 5.97 Å². The number of carboxylic acid groups (broad SMARTS) is 1. The van der Waals surface area contributed by atoms with Crippen molar-refractivity contribution in [2.45, 2.75) is 218 Å². The Morgan fingerprint density at radius 1 is 0.631 bits per heavy atom. The molecule has 7 fully saturated rings. The minimum absolute atomic E-state index is 0.0143. The molecule has 0 aromatic rings. The molecule has 0 aromatic carbocycles. The number of carbonyl (C=O) groups is 1. The highest BCUT2D eigenvalue weighted by molar-refractivity contribution is 5.73. The summed E-state index contributed by atoms with van der Waals surface area (Å²) in [5, 5.41) is 108. The first kappa shape index (κ1) is 50.0. The normalized spacial score (nSPS) is 56.1. The summed E-state index contributed by atoms with van der Waals surface area (Å²) in [4.78, 5) is 12.5. The van der Waals surface area contributed by atoms with Crippen molar-refractivity contribution in [1.29, 1.82) is 0 Å². The van der Waals surface area contributed by atoms with Crippen LogP contribution in [0.15, 0.2) is 12.2 Å². The summed E-state index contributed by atoms with van der Waals surface area (Å²) in [6, 6.07) is 0. The zero-order valence-corrected chi connectivity index (χ0v) is 39.5. The van der Waals surface area contributed by atoms with Crippen LogP contribution in [-0.2, 0) is 33.2 Å². The molecule has 8 rings (SSSR count). The third-order valence-electron chi connectivity index (χ3n) is 19.4. The van der Waals surface area contributed by atoms with E-state index in [4.69, 9.17) is 28.4 Å². The van der Waals surface area contributed by atoms with E-state index in [1.165, 1.54) is 6.92 Å². The van der Waals surface area contributed by atoms with Crippen LogP contribution in [0.2, 0.25) is 0 Å². The lowest BCUT2D eigenvalue weighted by molar-refractivity contribution is -0.395. The van der Waals surface area contributed by atoms with Gasteiger partial charge in [0.05, 0.1) is 24.9 Å². The monoisotopic (exact) mass is 927 g/mol. The Labute approximate surface area is 382 Å². The molecule has 17 nitrogen and oxygen atoms in total. The Balaban J connectivity index is 1.06. The summed E-state index contributed by atoms with van der Waals surface area (Å²) < 4.78 is 36.4. The summed E-state index contributed by atoms with van der Waals surface area (Å²) in [7, 11) is 0. The molecule has 3 saturated heterocycles. The van der Waals surface area contributed by atoms with Gasteiger partial charge in [-0.05, 0) is 114 Å². The highest BCUT2D eigenvalue weighted by atomic mass is 16.8. The predicted molar refractivity (Wildman–Crippen MR) is 229 cm³/mol.